The first-order valence-corrected chi connectivity index (χ1v) is 10.4. The van der Waals surface area contributed by atoms with E-state index in [0.717, 1.165) is 0 Å². The van der Waals surface area contributed by atoms with Gasteiger partial charge in [0.25, 0.3) is 0 Å². The average molecular weight is 450 g/mol. The minimum absolute atomic E-state index is 0.00884. The quantitative estimate of drug-likeness (QED) is 0.693. The van der Waals surface area contributed by atoms with Crippen LogP contribution < -0.4 is 15.2 Å². The van der Waals surface area contributed by atoms with Gasteiger partial charge in [-0.2, -0.15) is 9.59 Å². The van der Waals surface area contributed by atoms with E-state index in [1.54, 1.807) is 24.1 Å². The molecule has 2 heterocycles. The number of ketones is 1. The van der Waals surface area contributed by atoms with E-state index in [0.29, 0.717) is 63.4 Å². The zero-order valence-electron chi connectivity index (χ0n) is 18.1. The van der Waals surface area contributed by atoms with Gasteiger partial charge < -0.3 is 14.4 Å². The number of hydrogen-bond donors (Lipinski definition) is 1. The molecule has 0 aromatic heterocycles. The van der Waals surface area contributed by atoms with Crippen LogP contribution in [-0.4, -0.2) is 67.8 Å². The molecule has 0 radical (unpaired) electrons. The monoisotopic (exact) mass is 450 g/mol. The Labute approximate surface area is 185 Å². The van der Waals surface area contributed by atoms with Crippen LogP contribution in [0.3, 0.4) is 0 Å². The summed E-state index contributed by atoms with van der Waals surface area (Å²) < 4.78 is 20.1. The molecule has 0 bridgehead atoms. The van der Waals surface area contributed by atoms with Gasteiger partial charge in [-0.15, -0.1) is 0 Å². The smallest absolute Gasteiger partial charge is 0.414 e. The standard InChI is InChI=1S/C20H27FN4O4.CO2/c1-3-19(27)25-11-10-23(9-8-22-25)18-7-5-15(12-17(18)21)24-13-16(29-20(24)28)6-4-14(2)26;2-1-3/h5,7,12,16,22H,3-4,6,8-11,13H2,1-2H3;/t16-;/m0./s1. The molecule has 174 valence electrons. The minimum Gasteiger partial charge on any atom is -0.444 e. The van der Waals surface area contributed by atoms with Gasteiger partial charge in [0.2, 0.25) is 5.91 Å². The first kappa shape index (κ1) is 25.0. The summed E-state index contributed by atoms with van der Waals surface area (Å²) in [6.45, 7) is 5.66. The number of rotatable bonds is 6. The lowest BCUT2D eigenvalue weighted by atomic mass is 10.1. The number of benzene rings is 1. The van der Waals surface area contributed by atoms with Gasteiger partial charge >= 0.3 is 12.2 Å². The minimum atomic E-state index is -0.529. The highest BCUT2D eigenvalue weighted by Crippen LogP contribution is 2.29. The lowest BCUT2D eigenvalue weighted by Gasteiger charge is -2.24. The molecule has 1 aromatic carbocycles. The van der Waals surface area contributed by atoms with Crippen LogP contribution in [0.4, 0.5) is 20.6 Å². The summed E-state index contributed by atoms with van der Waals surface area (Å²) in [5.41, 5.74) is 3.92. The maximum Gasteiger partial charge on any atom is 0.414 e. The van der Waals surface area contributed by atoms with Crippen molar-refractivity contribution in [3.05, 3.63) is 24.0 Å². The highest BCUT2D eigenvalue weighted by molar-refractivity contribution is 5.90. The molecule has 0 spiro atoms. The third kappa shape index (κ3) is 6.60. The summed E-state index contributed by atoms with van der Waals surface area (Å²) >= 11 is 0. The molecule has 1 N–H and O–H groups in total. The maximum atomic E-state index is 14.9. The number of nitrogens with one attached hydrogen (secondary N) is 1. The number of cyclic esters (lactones) is 1. The summed E-state index contributed by atoms with van der Waals surface area (Å²) in [5, 5.41) is 1.58. The van der Waals surface area contributed by atoms with E-state index < -0.39 is 11.9 Å². The summed E-state index contributed by atoms with van der Waals surface area (Å²) in [6.07, 6.45) is 0.576. The van der Waals surface area contributed by atoms with Crippen molar-refractivity contribution in [3.8, 4) is 0 Å². The number of carbonyl (C=O) groups is 3. The van der Waals surface area contributed by atoms with E-state index in [1.165, 1.54) is 17.9 Å². The Kier molecular flexibility index (Phi) is 9.30. The molecule has 10 nitrogen and oxygen atoms in total. The van der Waals surface area contributed by atoms with Crippen LogP contribution in [0.15, 0.2) is 18.2 Å². The number of anilines is 2. The molecule has 1 aromatic rings. The van der Waals surface area contributed by atoms with Gasteiger partial charge in [-0.05, 0) is 31.5 Å². The SMILES string of the molecule is CCC(=O)N1CCN(c2ccc(N3C[C@H](CCC(C)=O)OC3=O)cc2F)CCN1.O=C=O. The molecule has 32 heavy (non-hydrogen) atoms. The fraction of sp³-hybridized carbons (Fsp3) is 0.524. The van der Waals surface area contributed by atoms with Crippen LogP contribution in [0.1, 0.15) is 33.1 Å². The van der Waals surface area contributed by atoms with Crippen molar-refractivity contribution in [3.63, 3.8) is 0 Å². The van der Waals surface area contributed by atoms with Crippen molar-refractivity contribution < 1.29 is 33.1 Å². The Balaban J connectivity index is 0.00000114. The molecule has 11 heteroatoms. The van der Waals surface area contributed by atoms with Crippen LogP contribution in [-0.2, 0) is 23.9 Å². The molecule has 2 saturated heterocycles. The lowest BCUT2D eigenvalue weighted by Crippen LogP contribution is -2.43. The zero-order valence-corrected chi connectivity index (χ0v) is 18.1. The number of amides is 2. The van der Waals surface area contributed by atoms with Crippen LogP contribution in [0, 0.1) is 5.82 Å². The van der Waals surface area contributed by atoms with Gasteiger partial charge in [-0.25, -0.2) is 14.6 Å². The van der Waals surface area contributed by atoms with E-state index in [4.69, 9.17) is 14.3 Å². The van der Waals surface area contributed by atoms with E-state index in [9.17, 15) is 18.8 Å². The van der Waals surface area contributed by atoms with Gasteiger partial charge in [0, 0.05) is 32.5 Å². The van der Waals surface area contributed by atoms with Gasteiger partial charge in [-0.1, -0.05) is 6.92 Å². The molecular formula is C21H27FN4O6. The molecule has 2 amide bonds. The van der Waals surface area contributed by atoms with E-state index >= 15 is 0 Å². The third-order valence-electron chi connectivity index (χ3n) is 5.16. The van der Waals surface area contributed by atoms with E-state index in [-0.39, 0.29) is 23.9 Å². The summed E-state index contributed by atoms with van der Waals surface area (Å²) in [4.78, 5) is 54.7. The van der Waals surface area contributed by atoms with Crippen molar-refractivity contribution in [2.24, 2.45) is 0 Å². The van der Waals surface area contributed by atoms with Crippen LogP contribution in [0.2, 0.25) is 0 Å². The van der Waals surface area contributed by atoms with Crippen LogP contribution in [0.25, 0.3) is 0 Å². The first-order valence-electron chi connectivity index (χ1n) is 10.4. The maximum absolute atomic E-state index is 14.9. The number of hydrazine groups is 1. The first-order chi connectivity index (χ1) is 15.3. The molecule has 0 unspecified atom stereocenters. The molecule has 2 fully saturated rings. The van der Waals surface area contributed by atoms with Crippen molar-refractivity contribution in [1.82, 2.24) is 10.4 Å². The Bertz CT molecular complexity index is 874. The van der Waals surface area contributed by atoms with Gasteiger partial charge in [0.1, 0.15) is 17.7 Å². The van der Waals surface area contributed by atoms with Crippen LogP contribution in [0.5, 0.6) is 0 Å². The molecular weight excluding hydrogens is 423 g/mol. The van der Waals surface area contributed by atoms with Gasteiger partial charge in [0.05, 0.1) is 24.5 Å². The van der Waals surface area contributed by atoms with Crippen molar-refractivity contribution in [2.75, 3.05) is 42.5 Å². The number of ether oxygens (including phenoxy) is 1. The molecule has 2 aliphatic heterocycles. The predicted octanol–water partition coefficient (Wildman–Crippen LogP) is 1.50. The lowest BCUT2D eigenvalue weighted by molar-refractivity contribution is -0.191. The average Bonchev–Trinajstić information content (AvgIpc) is 2.96. The number of carbonyl (C=O) groups excluding carboxylic acids is 5. The van der Waals surface area contributed by atoms with Crippen molar-refractivity contribution in [2.45, 2.75) is 39.2 Å². The number of hydrogen-bond acceptors (Lipinski definition) is 8. The second-order valence-corrected chi connectivity index (χ2v) is 7.37. The Morgan fingerprint density at radius 1 is 1.25 bits per heavy atom. The number of Topliss-reactive ketones (excluding diaryl/α,β-unsaturated/α-hetero) is 1. The zero-order chi connectivity index (χ0) is 23.7. The van der Waals surface area contributed by atoms with E-state index in [1.807, 2.05) is 4.90 Å². The highest BCUT2D eigenvalue weighted by Gasteiger charge is 2.33. The Hall–Kier alpha value is -3.30. The molecule has 2 aliphatic rings. The second-order valence-electron chi connectivity index (χ2n) is 7.37. The third-order valence-corrected chi connectivity index (χ3v) is 5.16. The Morgan fingerprint density at radius 3 is 2.59 bits per heavy atom. The Morgan fingerprint density at radius 2 is 1.97 bits per heavy atom. The molecule has 0 saturated carbocycles. The summed E-state index contributed by atoms with van der Waals surface area (Å²) in [6, 6.07) is 4.68. The fourth-order valence-corrected chi connectivity index (χ4v) is 3.54. The largest absolute Gasteiger partial charge is 0.444 e. The number of nitrogens with zero attached hydrogens (tertiary/aromatic N) is 3. The number of halogens is 1. The normalized spacial score (nSPS) is 18.3. The van der Waals surface area contributed by atoms with Crippen molar-refractivity contribution in [1.29, 1.82) is 0 Å². The van der Waals surface area contributed by atoms with Gasteiger partial charge in [0.15, 0.2) is 0 Å². The van der Waals surface area contributed by atoms with Crippen LogP contribution >= 0.6 is 0 Å². The topological polar surface area (TPSA) is 116 Å². The summed E-state index contributed by atoms with van der Waals surface area (Å²) in [7, 11) is 0. The highest BCUT2D eigenvalue weighted by atomic mass is 19.1. The van der Waals surface area contributed by atoms with Crippen molar-refractivity contribution >= 4 is 35.3 Å². The van der Waals surface area contributed by atoms with Gasteiger partial charge in [-0.3, -0.25) is 14.7 Å². The second kappa shape index (κ2) is 11.9. The molecule has 0 aliphatic carbocycles. The predicted molar refractivity (Wildman–Crippen MR) is 111 cm³/mol. The molecule has 1 atom stereocenters. The molecule has 3 rings (SSSR count). The van der Waals surface area contributed by atoms with E-state index in [2.05, 4.69) is 5.43 Å². The fourth-order valence-electron chi connectivity index (χ4n) is 3.54. The summed E-state index contributed by atoms with van der Waals surface area (Å²) in [5.74, 6) is -0.381.